The molecule has 0 atom stereocenters. The topological polar surface area (TPSA) is 27.1 Å². The monoisotopic (exact) mass is 390 g/mol. The molecular weight excluding hydrogens is 359 g/mol. The second kappa shape index (κ2) is 6.31. The van der Waals surface area contributed by atoms with Gasteiger partial charge in [-0.2, -0.15) is 0 Å². The summed E-state index contributed by atoms with van der Waals surface area (Å²) in [4.78, 5) is 7.25. The van der Waals surface area contributed by atoms with Gasteiger partial charge in [0.15, 0.2) is 0 Å². The normalized spacial score (nSPS) is 13.1. The number of rotatable bonds is 6. The molecule has 0 spiro atoms. The molecule has 1 aromatic rings. The van der Waals surface area contributed by atoms with E-state index in [9.17, 15) is 0 Å². The van der Waals surface area contributed by atoms with Crippen LogP contribution in [0.15, 0.2) is 0 Å². The third kappa shape index (κ3) is 5.23. The summed E-state index contributed by atoms with van der Waals surface area (Å²) in [5.41, 5.74) is 2.66. The summed E-state index contributed by atoms with van der Waals surface area (Å²) in [5, 5.41) is 4.81. The van der Waals surface area contributed by atoms with E-state index in [1.165, 1.54) is 21.0 Å². The molecule has 0 amide bonds. The molecule has 0 aliphatic carbocycles. The first kappa shape index (κ1) is 17.2. The fourth-order valence-corrected chi connectivity index (χ4v) is 7.69. The van der Waals surface area contributed by atoms with E-state index in [2.05, 4.69) is 53.0 Å². The van der Waals surface area contributed by atoms with Gasteiger partial charge in [0.05, 0.1) is 0 Å². The van der Waals surface area contributed by atoms with Crippen molar-refractivity contribution in [1.29, 1.82) is 0 Å². The van der Waals surface area contributed by atoms with Crippen LogP contribution >= 0.6 is 0 Å². The van der Waals surface area contributed by atoms with E-state index in [-0.39, 0.29) is 0 Å². The van der Waals surface area contributed by atoms with Crippen molar-refractivity contribution >= 4 is 30.2 Å². The van der Waals surface area contributed by atoms with Crippen LogP contribution in [0, 0.1) is 13.8 Å². The van der Waals surface area contributed by atoms with Crippen molar-refractivity contribution in [3.05, 3.63) is 11.3 Å². The molecule has 0 aliphatic heterocycles. The molecule has 0 bridgehead atoms. The Labute approximate surface area is 123 Å². The van der Waals surface area contributed by atoms with Crippen molar-refractivity contribution in [2.45, 2.75) is 61.1 Å². The van der Waals surface area contributed by atoms with E-state index in [1.54, 1.807) is 0 Å². The average molecular weight is 389 g/mol. The Morgan fingerprint density at radius 2 is 1.74 bits per heavy atom. The van der Waals surface area contributed by atoms with Crippen LogP contribution in [-0.2, 0) is 11.5 Å². The van der Waals surface area contributed by atoms with Gasteiger partial charge in [-0.3, -0.25) is 0 Å². The van der Waals surface area contributed by atoms with E-state index >= 15 is 0 Å². The van der Waals surface area contributed by atoms with Gasteiger partial charge in [-0.15, -0.1) is 0 Å². The third-order valence-electron chi connectivity index (χ3n) is 3.43. The van der Waals surface area contributed by atoms with E-state index in [1.807, 2.05) is 0 Å². The predicted octanol–water partition coefficient (Wildman–Crippen LogP) is 3.36. The van der Waals surface area contributed by atoms with Crippen molar-refractivity contribution in [2.24, 2.45) is 0 Å². The van der Waals surface area contributed by atoms with E-state index in [0.29, 0.717) is 6.73 Å². The van der Waals surface area contributed by atoms with Crippen LogP contribution in [0.4, 0.5) is 0 Å². The Morgan fingerprint density at radius 3 is 2.16 bits per heavy atom. The van der Waals surface area contributed by atoms with Gasteiger partial charge in [0, 0.05) is 0 Å². The SMILES string of the molecule is Cc1[c]([Sn]([CH3])([CH3])[CH3])nn(COCC[Si](C)(C)C)c1C. The molecule has 110 valence electrons. The molecule has 1 aromatic heterocycles. The molecule has 19 heavy (non-hydrogen) atoms. The van der Waals surface area contributed by atoms with Crippen LogP contribution in [-0.4, -0.2) is 42.8 Å². The van der Waals surface area contributed by atoms with Gasteiger partial charge in [-0.1, -0.05) is 0 Å². The molecule has 0 aliphatic rings. The van der Waals surface area contributed by atoms with Gasteiger partial charge in [0.2, 0.25) is 0 Å². The van der Waals surface area contributed by atoms with Crippen LogP contribution in [0.25, 0.3) is 0 Å². The average Bonchev–Trinajstić information content (AvgIpc) is 2.50. The van der Waals surface area contributed by atoms with E-state index in [4.69, 9.17) is 9.84 Å². The summed E-state index contributed by atoms with van der Waals surface area (Å²) >= 11 is -2.08. The minimum atomic E-state index is -2.08. The Morgan fingerprint density at radius 1 is 1.16 bits per heavy atom. The fourth-order valence-electron chi connectivity index (χ4n) is 2.00. The zero-order chi connectivity index (χ0) is 14.8. The van der Waals surface area contributed by atoms with Crippen LogP contribution < -0.4 is 3.71 Å². The summed E-state index contributed by atoms with van der Waals surface area (Å²) in [6, 6.07) is 1.22. The van der Waals surface area contributed by atoms with Crippen LogP contribution in [0.1, 0.15) is 11.3 Å². The van der Waals surface area contributed by atoms with Crippen LogP contribution in [0.5, 0.6) is 0 Å². The zero-order valence-corrected chi connectivity index (χ0v) is 17.8. The summed E-state index contributed by atoms with van der Waals surface area (Å²) in [5.74, 6) is 0. The first-order valence-electron chi connectivity index (χ1n) is 7.14. The van der Waals surface area contributed by atoms with Crippen LogP contribution in [0.3, 0.4) is 0 Å². The molecular formula is C14H30N2OSiSn. The van der Waals surface area contributed by atoms with Crippen molar-refractivity contribution in [3.63, 3.8) is 0 Å². The Balaban J connectivity index is 2.65. The van der Waals surface area contributed by atoms with Gasteiger partial charge in [0.1, 0.15) is 0 Å². The summed E-state index contributed by atoms with van der Waals surface area (Å²) in [7, 11) is -0.989. The summed E-state index contributed by atoms with van der Waals surface area (Å²) in [6.07, 6.45) is 0. The van der Waals surface area contributed by atoms with Gasteiger partial charge >= 0.3 is 124 Å². The Kier molecular flexibility index (Phi) is 5.72. The third-order valence-corrected chi connectivity index (χ3v) is 10.5. The molecule has 0 unspecified atom stereocenters. The molecule has 0 N–H and O–H groups in total. The number of hydrogen-bond donors (Lipinski definition) is 0. The number of nitrogens with zero attached hydrogens (tertiary/aromatic N) is 2. The second-order valence-corrected chi connectivity index (χ2v) is 27.5. The molecule has 3 nitrogen and oxygen atoms in total. The predicted molar refractivity (Wildman–Crippen MR) is 88.8 cm³/mol. The molecule has 1 rings (SSSR count). The van der Waals surface area contributed by atoms with E-state index < -0.39 is 26.5 Å². The van der Waals surface area contributed by atoms with Gasteiger partial charge in [-0.25, -0.2) is 0 Å². The minimum absolute atomic E-state index is 0.610. The van der Waals surface area contributed by atoms with Crippen molar-refractivity contribution in [2.75, 3.05) is 6.61 Å². The quantitative estimate of drug-likeness (QED) is 0.551. The first-order chi connectivity index (χ1) is 8.52. The van der Waals surface area contributed by atoms with Gasteiger partial charge in [-0.05, 0) is 0 Å². The second-order valence-electron chi connectivity index (χ2n) is 7.66. The molecule has 1 heterocycles. The molecule has 5 heteroatoms. The van der Waals surface area contributed by atoms with E-state index in [0.717, 1.165) is 6.61 Å². The molecule has 0 saturated carbocycles. The van der Waals surface area contributed by atoms with Crippen molar-refractivity contribution < 1.29 is 4.74 Å². The van der Waals surface area contributed by atoms with Crippen molar-refractivity contribution in [1.82, 2.24) is 9.78 Å². The number of hydrogen-bond acceptors (Lipinski definition) is 2. The standard InChI is InChI=1S/C11H21N2OSi.3CH3.Sn/c1-10-8-12-13(11(10)2)9-14-6-7-15(3,4)5;;;;/h6-7,9H2,1-5H3;3*1H3;. The molecule has 0 fully saturated rings. The van der Waals surface area contributed by atoms with Gasteiger partial charge in [0.25, 0.3) is 0 Å². The molecule has 0 aromatic carbocycles. The summed E-state index contributed by atoms with van der Waals surface area (Å²) in [6.45, 7) is 13.0. The Bertz CT molecular complexity index is 430. The first-order valence-corrected chi connectivity index (χ1v) is 20.8. The molecule has 0 saturated heterocycles. The summed E-state index contributed by atoms with van der Waals surface area (Å²) < 4.78 is 9.26. The number of aromatic nitrogens is 2. The number of ether oxygens (including phenoxy) is 1. The maximum atomic E-state index is 5.82. The zero-order valence-electron chi connectivity index (χ0n) is 13.9. The van der Waals surface area contributed by atoms with Crippen molar-refractivity contribution in [3.8, 4) is 0 Å². The van der Waals surface area contributed by atoms with Crippen LogP contribution in [0.2, 0.25) is 40.5 Å². The fraction of sp³-hybridized carbons (Fsp3) is 0.786. The van der Waals surface area contributed by atoms with Gasteiger partial charge < -0.3 is 0 Å². The maximum absolute atomic E-state index is 5.82. The Hall–Kier alpha value is 0.186. The molecule has 0 radical (unpaired) electrons.